The lowest BCUT2D eigenvalue weighted by Gasteiger charge is -2.21. The first-order chi connectivity index (χ1) is 9.92. The maximum absolute atomic E-state index is 4.46. The van der Waals surface area contributed by atoms with E-state index in [2.05, 4.69) is 38.8 Å². The number of benzene rings is 1. The smallest absolute Gasteiger partial charge is 0.137 e. The van der Waals surface area contributed by atoms with Gasteiger partial charge < -0.3 is 10.6 Å². The molecule has 0 bridgehead atoms. The highest BCUT2D eigenvalue weighted by Gasteiger charge is 2.18. The van der Waals surface area contributed by atoms with Crippen LogP contribution in [0.2, 0.25) is 0 Å². The van der Waals surface area contributed by atoms with E-state index < -0.39 is 0 Å². The zero-order chi connectivity index (χ0) is 13.4. The molecule has 2 aromatic rings. The van der Waals surface area contributed by atoms with Gasteiger partial charge in [-0.2, -0.15) is 0 Å². The molecule has 0 saturated heterocycles. The van der Waals surface area contributed by atoms with Gasteiger partial charge >= 0.3 is 0 Å². The van der Waals surface area contributed by atoms with Crippen molar-refractivity contribution in [1.29, 1.82) is 0 Å². The molecule has 1 aliphatic carbocycles. The molecule has 0 saturated carbocycles. The Labute approximate surface area is 118 Å². The summed E-state index contributed by atoms with van der Waals surface area (Å²) in [5.74, 6) is 0.999. The Bertz CT molecular complexity index is 651. The molecule has 0 atom stereocenters. The average molecular weight is 266 g/mol. The first-order valence-corrected chi connectivity index (χ1v) is 7.33. The van der Waals surface area contributed by atoms with Crippen LogP contribution in [0.5, 0.6) is 0 Å². The molecule has 4 heteroatoms. The van der Waals surface area contributed by atoms with Crippen molar-refractivity contribution in [3.05, 3.63) is 46.9 Å². The van der Waals surface area contributed by atoms with Crippen LogP contribution in [-0.4, -0.2) is 16.5 Å². The van der Waals surface area contributed by atoms with Crippen LogP contribution in [-0.2, 0) is 25.8 Å². The third-order valence-corrected chi connectivity index (χ3v) is 4.27. The minimum absolute atomic E-state index is 0.965. The van der Waals surface area contributed by atoms with E-state index in [0.29, 0.717) is 0 Å². The molecule has 2 N–H and O–H groups in total. The Hall–Kier alpha value is -1.94. The lowest BCUT2D eigenvalue weighted by molar-refractivity contribution is 0.645. The summed E-state index contributed by atoms with van der Waals surface area (Å²) >= 11 is 0. The Kier molecular flexibility index (Phi) is 2.89. The largest absolute Gasteiger partial charge is 0.340 e. The second kappa shape index (κ2) is 4.87. The molecule has 0 fully saturated rings. The van der Waals surface area contributed by atoms with E-state index >= 15 is 0 Å². The molecule has 0 unspecified atom stereocenters. The van der Waals surface area contributed by atoms with Gasteiger partial charge in [0.05, 0.1) is 0 Å². The maximum Gasteiger partial charge on any atom is 0.137 e. The van der Waals surface area contributed by atoms with Crippen LogP contribution in [0.4, 0.5) is 11.5 Å². The molecule has 2 heterocycles. The van der Waals surface area contributed by atoms with Crippen LogP contribution in [0, 0.1) is 0 Å². The second-order valence-electron chi connectivity index (χ2n) is 5.50. The van der Waals surface area contributed by atoms with Gasteiger partial charge in [-0.1, -0.05) is 12.1 Å². The van der Waals surface area contributed by atoms with Gasteiger partial charge in [0.25, 0.3) is 0 Å². The highest BCUT2D eigenvalue weighted by atomic mass is 15.0. The third-order valence-electron chi connectivity index (χ3n) is 4.27. The molecule has 0 amide bonds. The van der Waals surface area contributed by atoms with Crippen LogP contribution < -0.4 is 10.6 Å². The summed E-state index contributed by atoms with van der Waals surface area (Å²) in [5.41, 5.74) is 6.55. The van der Waals surface area contributed by atoms with E-state index in [1.54, 1.807) is 6.33 Å². The van der Waals surface area contributed by atoms with Crippen molar-refractivity contribution in [2.45, 2.75) is 32.2 Å². The van der Waals surface area contributed by atoms with Gasteiger partial charge in [-0.3, -0.25) is 0 Å². The summed E-state index contributed by atoms with van der Waals surface area (Å²) in [6, 6.07) is 6.49. The van der Waals surface area contributed by atoms with Crippen LogP contribution in [0.1, 0.15) is 28.8 Å². The number of nitrogens with zero attached hydrogens (tertiary/aromatic N) is 2. The molecule has 4 nitrogen and oxygen atoms in total. The summed E-state index contributed by atoms with van der Waals surface area (Å²) in [5, 5.41) is 6.97. The van der Waals surface area contributed by atoms with Crippen molar-refractivity contribution >= 4 is 11.5 Å². The van der Waals surface area contributed by atoms with E-state index in [0.717, 1.165) is 38.2 Å². The number of hydrogen-bond acceptors (Lipinski definition) is 4. The molecule has 0 spiro atoms. The fourth-order valence-electron chi connectivity index (χ4n) is 3.24. The minimum Gasteiger partial charge on any atom is -0.340 e. The lowest BCUT2D eigenvalue weighted by atomic mass is 9.99. The van der Waals surface area contributed by atoms with E-state index in [1.807, 2.05) is 0 Å². The van der Waals surface area contributed by atoms with Gasteiger partial charge in [-0.25, -0.2) is 9.97 Å². The van der Waals surface area contributed by atoms with Crippen molar-refractivity contribution in [2.75, 3.05) is 11.9 Å². The van der Waals surface area contributed by atoms with Crippen molar-refractivity contribution < 1.29 is 0 Å². The number of hydrogen-bond donors (Lipinski definition) is 2. The first-order valence-electron chi connectivity index (χ1n) is 7.33. The number of aromatic nitrogens is 2. The quantitative estimate of drug-likeness (QED) is 0.876. The summed E-state index contributed by atoms with van der Waals surface area (Å²) in [7, 11) is 0. The SMILES string of the molecule is c1cc2c(c(Nc3ncnc4c3CCC4)c1)CCNC2. The van der Waals surface area contributed by atoms with E-state index in [-0.39, 0.29) is 0 Å². The molecule has 1 aromatic carbocycles. The van der Waals surface area contributed by atoms with Crippen molar-refractivity contribution in [3.8, 4) is 0 Å². The van der Waals surface area contributed by atoms with E-state index in [1.165, 1.54) is 34.5 Å². The minimum atomic E-state index is 0.965. The van der Waals surface area contributed by atoms with Gasteiger partial charge in [-0.05, 0) is 49.4 Å². The molecule has 0 radical (unpaired) electrons. The molecule has 2 aliphatic rings. The first kappa shape index (κ1) is 11.9. The highest BCUT2D eigenvalue weighted by molar-refractivity contribution is 5.65. The monoisotopic (exact) mass is 266 g/mol. The van der Waals surface area contributed by atoms with E-state index in [4.69, 9.17) is 0 Å². The Morgan fingerprint density at radius 2 is 2.05 bits per heavy atom. The molecule has 4 rings (SSSR count). The summed E-state index contributed by atoms with van der Waals surface area (Å²) in [6.45, 7) is 2.01. The zero-order valence-corrected chi connectivity index (χ0v) is 11.4. The summed E-state index contributed by atoms with van der Waals surface area (Å²) < 4.78 is 0. The molecular formula is C16H18N4. The summed E-state index contributed by atoms with van der Waals surface area (Å²) in [6.07, 6.45) is 6.13. The second-order valence-corrected chi connectivity index (χ2v) is 5.50. The van der Waals surface area contributed by atoms with Gasteiger partial charge in [0.1, 0.15) is 12.1 Å². The average Bonchev–Trinajstić information content (AvgIpc) is 2.97. The van der Waals surface area contributed by atoms with E-state index in [9.17, 15) is 0 Å². The highest BCUT2D eigenvalue weighted by Crippen LogP contribution is 2.30. The topological polar surface area (TPSA) is 49.8 Å². The molecule has 1 aromatic heterocycles. The Balaban J connectivity index is 1.72. The van der Waals surface area contributed by atoms with Crippen molar-refractivity contribution in [2.24, 2.45) is 0 Å². The van der Waals surface area contributed by atoms with Gasteiger partial charge in [0.2, 0.25) is 0 Å². The van der Waals surface area contributed by atoms with Gasteiger partial charge in [0.15, 0.2) is 0 Å². The predicted octanol–water partition coefficient (Wildman–Crippen LogP) is 2.35. The normalized spacial score (nSPS) is 16.6. The van der Waals surface area contributed by atoms with Crippen LogP contribution in [0.15, 0.2) is 24.5 Å². The fraction of sp³-hybridized carbons (Fsp3) is 0.375. The Morgan fingerprint density at radius 3 is 3.05 bits per heavy atom. The number of rotatable bonds is 2. The molecule has 102 valence electrons. The van der Waals surface area contributed by atoms with Gasteiger partial charge in [-0.15, -0.1) is 0 Å². The number of anilines is 2. The molecule has 1 aliphatic heterocycles. The molecule has 20 heavy (non-hydrogen) atoms. The molecular weight excluding hydrogens is 248 g/mol. The standard InChI is InChI=1S/C16H18N4/c1-3-11-9-17-8-7-12(11)15(6-1)20-16-13-4-2-5-14(13)18-10-19-16/h1,3,6,10,17H,2,4-5,7-9H2,(H,18,19,20). The lowest BCUT2D eigenvalue weighted by Crippen LogP contribution is -2.24. The summed E-state index contributed by atoms with van der Waals surface area (Å²) in [4.78, 5) is 8.84. The van der Waals surface area contributed by atoms with Crippen molar-refractivity contribution in [3.63, 3.8) is 0 Å². The third kappa shape index (κ3) is 1.96. The number of nitrogens with one attached hydrogen (secondary N) is 2. The Morgan fingerprint density at radius 1 is 1.05 bits per heavy atom. The van der Waals surface area contributed by atoms with Gasteiger partial charge in [0, 0.05) is 23.5 Å². The van der Waals surface area contributed by atoms with Crippen LogP contribution in [0.25, 0.3) is 0 Å². The van der Waals surface area contributed by atoms with Crippen molar-refractivity contribution in [1.82, 2.24) is 15.3 Å². The predicted molar refractivity (Wildman–Crippen MR) is 79.2 cm³/mol. The number of fused-ring (bicyclic) bond motifs is 2. The van der Waals surface area contributed by atoms with Crippen LogP contribution >= 0.6 is 0 Å². The fourth-order valence-corrected chi connectivity index (χ4v) is 3.24. The number of aryl methyl sites for hydroxylation is 1. The zero-order valence-electron chi connectivity index (χ0n) is 11.4. The van der Waals surface area contributed by atoms with Crippen LogP contribution in [0.3, 0.4) is 0 Å². The maximum atomic E-state index is 4.46.